The maximum atomic E-state index is 12.2. The molecule has 1 heterocycles. The van der Waals surface area contributed by atoms with Gasteiger partial charge in [-0.25, -0.2) is 4.79 Å². The molecule has 0 atom stereocenters. The van der Waals surface area contributed by atoms with E-state index in [4.69, 9.17) is 9.47 Å². The lowest BCUT2D eigenvalue weighted by Gasteiger charge is -2.45. The molecule has 1 fully saturated rings. The molecule has 0 aliphatic carbocycles. The molecule has 1 aromatic rings. The third kappa shape index (κ3) is 5.33. The van der Waals surface area contributed by atoms with Gasteiger partial charge >= 0.3 is 5.97 Å². The minimum Gasteiger partial charge on any atom is -0.497 e. The molecule has 1 N–H and O–H groups in total. The van der Waals surface area contributed by atoms with Crippen LogP contribution in [0.1, 0.15) is 51.7 Å². The zero-order valence-electron chi connectivity index (χ0n) is 15.6. The first-order valence-electron chi connectivity index (χ1n) is 8.40. The second-order valence-corrected chi connectivity index (χ2v) is 7.76. The topological polar surface area (TPSA) is 71.3 Å². The zero-order valence-corrected chi connectivity index (χ0v) is 15.6. The predicted octanol–water partition coefficient (Wildman–Crippen LogP) is 3.43. The van der Waals surface area contributed by atoms with E-state index in [9.17, 15) is 10.1 Å². The lowest BCUT2D eigenvalue weighted by atomic mass is 9.81. The van der Waals surface area contributed by atoms with Gasteiger partial charge in [0, 0.05) is 30.0 Å². The molecule has 0 radical (unpaired) electrons. The largest absolute Gasteiger partial charge is 0.497 e. The first-order chi connectivity index (χ1) is 11.6. The van der Waals surface area contributed by atoms with Gasteiger partial charge < -0.3 is 14.8 Å². The van der Waals surface area contributed by atoms with Crippen molar-refractivity contribution in [1.29, 1.82) is 5.26 Å². The SMILES string of the molecule is COc1ccc(/C=C/C(=O)OC2CC(C)(C)NC(C)(C)C2)c(C#N)c1. The standard InChI is InChI=1S/C20H26N2O3/c1-19(2)11-17(12-20(3,4)22-19)25-18(23)9-7-14-6-8-16(24-5)10-15(14)13-21/h6-10,17,22H,11-12H2,1-5H3/b9-7+. The average molecular weight is 342 g/mol. The second kappa shape index (κ2) is 7.28. The molecule has 134 valence electrons. The molecule has 1 saturated heterocycles. The third-order valence-electron chi connectivity index (χ3n) is 4.22. The quantitative estimate of drug-likeness (QED) is 0.670. The van der Waals surface area contributed by atoms with Gasteiger partial charge in [0.15, 0.2) is 0 Å². The summed E-state index contributed by atoms with van der Waals surface area (Å²) in [4.78, 5) is 12.2. The number of ether oxygens (including phenoxy) is 2. The first kappa shape index (κ1) is 19.0. The van der Waals surface area contributed by atoms with E-state index in [0.29, 0.717) is 16.9 Å². The van der Waals surface area contributed by atoms with E-state index in [-0.39, 0.29) is 17.2 Å². The molecule has 1 aliphatic rings. The molecular formula is C20H26N2O3. The van der Waals surface area contributed by atoms with Crippen molar-refractivity contribution >= 4 is 12.0 Å². The molecule has 1 aromatic carbocycles. The number of nitriles is 1. The average Bonchev–Trinajstić information content (AvgIpc) is 2.49. The van der Waals surface area contributed by atoms with Crippen LogP contribution in [-0.4, -0.2) is 30.3 Å². The highest BCUT2D eigenvalue weighted by atomic mass is 16.5. The van der Waals surface area contributed by atoms with Crippen LogP contribution in [-0.2, 0) is 9.53 Å². The Bertz CT molecular complexity index is 698. The normalized spacial score (nSPS) is 19.4. The van der Waals surface area contributed by atoms with Crippen LogP contribution in [0, 0.1) is 11.3 Å². The van der Waals surface area contributed by atoms with Crippen LogP contribution in [0.4, 0.5) is 0 Å². The van der Waals surface area contributed by atoms with Crippen LogP contribution >= 0.6 is 0 Å². The maximum absolute atomic E-state index is 12.2. The zero-order chi connectivity index (χ0) is 18.7. The van der Waals surface area contributed by atoms with E-state index in [1.165, 1.54) is 6.08 Å². The molecule has 0 saturated carbocycles. The molecule has 1 aliphatic heterocycles. The number of nitrogens with zero attached hydrogens (tertiary/aromatic N) is 1. The monoisotopic (exact) mass is 342 g/mol. The summed E-state index contributed by atoms with van der Waals surface area (Å²) in [5.41, 5.74) is 0.944. The van der Waals surface area contributed by atoms with Gasteiger partial charge in [-0.3, -0.25) is 0 Å². The molecule has 0 aromatic heterocycles. The van der Waals surface area contributed by atoms with E-state index in [0.717, 1.165) is 12.8 Å². The van der Waals surface area contributed by atoms with Crippen molar-refractivity contribution in [2.75, 3.05) is 7.11 Å². The summed E-state index contributed by atoms with van der Waals surface area (Å²) in [6.45, 7) is 8.45. The van der Waals surface area contributed by atoms with E-state index >= 15 is 0 Å². The highest BCUT2D eigenvalue weighted by molar-refractivity contribution is 5.87. The fourth-order valence-electron chi connectivity index (χ4n) is 3.58. The van der Waals surface area contributed by atoms with Crippen LogP contribution in [0.5, 0.6) is 5.75 Å². The summed E-state index contributed by atoms with van der Waals surface area (Å²) in [6.07, 6.45) is 4.39. The van der Waals surface area contributed by atoms with Gasteiger partial charge in [0.05, 0.1) is 18.7 Å². The van der Waals surface area contributed by atoms with E-state index < -0.39 is 5.97 Å². The van der Waals surface area contributed by atoms with Crippen molar-refractivity contribution in [2.45, 2.75) is 57.7 Å². The number of benzene rings is 1. The van der Waals surface area contributed by atoms with Gasteiger partial charge in [0.25, 0.3) is 0 Å². The number of carbonyl (C=O) groups excluding carboxylic acids is 1. The summed E-state index contributed by atoms with van der Waals surface area (Å²) in [6, 6.07) is 7.25. The van der Waals surface area contributed by atoms with Gasteiger partial charge in [-0.2, -0.15) is 5.26 Å². The van der Waals surface area contributed by atoms with Gasteiger partial charge in [0.2, 0.25) is 0 Å². The smallest absolute Gasteiger partial charge is 0.331 e. The summed E-state index contributed by atoms with van der Waals surface area (Å²) < 4.78 is 10.7. The molecule has 0 spiro atoms. The molecule has 5 heteroatoms. The molecule has 25 heavy (non-hydrogen) atoms. The number of hydrogen-bond acceptors (Lipinski definition) is 5. The minimum atomic E-state index is -0.391. The summed E-state index contributed by atoms with van der Waals surface area (Å²) in [5.74, 6) is 0.216. The molecule has 0 unspecified atom stereocenters. The second-order valence-electron chi connectivity index (χ2n) is 7.76. The van der Waals surface area contributed by atoms with Gasteiger partial charge in [-0.15, -0.1) is 0 Å². The Kier molecular flexibility index (Phi) is 5.54. The maximum Gasteiger partial charge on any atom is 0.331 e. The van der Waals surface area contributed by atoms with Crippen molar-refractivity contribution in [1.82, 2.24) is 5.32 Å². The van der Waals surface area contributed by atoms with E-state index in [1.54, 1.807) is 31.4 Å². The Morgan fingerprint density at radius 3 is 2.48 bits per heavy atom. The van der Waals surface area contributed by atoms with Crippen LogP contribution in [0.3, 0.4) is 0 Å². The van der Waals surface area contributed by atoms with Gasteiger partial charge in [0.1, 0.15) is 11.9 Å². The van der Waals surface area contributed by atoms with Crippen molar-refractivity contribution < 1.29 is 14.3 Å². The number of esters is 1. The van der Waals surface area contributed by atoms with Gasteiger partial charge in [-0.1, -0.05) is 0 Å². The number of hydrogen-bond donors (Lipinski definition) is 1. The Labute approximate surface area is 149 Å². The van der Waals surface area contributed by atoms with Crippen molar-refractivity contribution in [2.24, 2.45) is 0 Å². The van der Waals surface area contributed by atoms with Crippen molar-refractivity contribution in [3.05, 3.63) is 35.4 Å². The van der Waals surface area contributed by atoms with Crippen molar-refractivity contribution in [3.63, 3.8) is 0 Å². The highest BCUT2D eigenvalue weighted by Gasteiger charge is 2.39. The Morgan fingerprint density at radius 2 is 1.92 bits per heavy atom. The van der Waals surface area contributed by atoms with Crippen LogP contribution in [0.25, 0.3) is 6.08 Å². The molecule has 5 nitrogen and oxygen atoms in total. The van der Waals surface area contributed by atoms with Crippen molar-refractivity contribution in [3.8, 4) is 11.8 Å². The Hall–Kier alpha value is -2.32. The van der Waals surface area contributed by atoms with Gasteiger partial charge in [-0.05, 0) is 57.5 Å². The number of methoxy groups -OCH3 is 1. The molecule has 2 rings (SSSR count). The Morgan fingerprint density at radius 1 is 1.28 bits per heavy atom. The van der Waals surface area contributed by atoms with E-state index in [2.05, 4.69) is 39.1 Å². The first-order valence-corrected chi connectivity index (χ1v) is 8.40. The summed E-state index contributed by atoms with van der Waals surface area (Å²) in [5, 5.41) is 12.8. The number of nitrogens with one attached hydrogen (secondary N) is 1. The lowest BCUT2D eigenvalue weighted by molar-refractivity contribution is -0.146. The fourth-order valence-corrected chi connectivity index (χ4v) is 3.58. The van der Waals surface area contributed by atoms with Crippen LogP contribution in [0.15, 0.2) is 24.3 Å². The van der Waals surface area contributed by atoms with Crippen LogP contribution < -0.4 is 10.1 Å². The Balaban J connectivity index is 2.05. The minimum absolute atomic E-state index is 0.0830. The van der Waals surface area contributed by atoms with E-state index in [1.807, 2.05) is 0 Å². The predicted molar refractivity (Wildman–Crippen MR) is 97.2 cm³/mol. The molecule has 0 bridgehead atoms. The highest BCUT2D eigenvalue weighted by Crippen LogP contribution is 2.30. The van der Waals surface area contributed by atoms with Crippen LogP contribution in [0.2, 0.25) is 0 Å². The summed E-state index contributed by atoms with van der Waals surface area (Å²) in [7, 11) is 1.55. The third-order valence-corrected chi connectivity index (χ3v) is 4.22. The lowest BCUT2D eigenvalue weighted by Crippen LogP contribution is -2.59. The molecular weight excluding hydrogens is 316 g/mol. The number of rotatable bonds is 4. The summed E-state index contributed by atoms with van der Waals surface area (Å²) >= 11 is 0. The number of piperidine rings is 1. The molecule has 0 amide bonds. The number of carbonyl (C=O) groups is 1. The fraction of sp³-hybridized carbons (Fsp3) is 0.500.